The van der Waals surface area contributed by atoms with E-state index in [1.165, 1.54) is 60.4 Å². The van der Waals surface area contributed by atoms with Gasteiger partial charge in [0.05, 0.1) is 34.8 Å². The van der Waals surface area contributed by atoms with E-state index in [0.717, 1.165) is 11.4 Å². The summed E-state index contributed by atoms with van der Waals surface area (Å²) in [4.78, 5) is 3.97. The molecule has 10 rings (SSSR count). The first-order chi connectivity index (χ1) is 29.1. The lowest BCUT2D eigenvalue weighted by atomic mass is 9.85. The number of benzene rings is 4. The molecule has 0 spiro atoms. The number of hydrogen-bond donors (Lipinski definition) is 2. The second-order valence-corrected chi connectivity index (χ2v) is 15.4. The van der Waals surface area contributed by atoms with Crippen LogP contribution in [0.25, 0.3) is 55.0 Å². The van der Waals surface area contributed by atoms with E-state index in [9.17, 15) is 36.6 Å². The van der Waals surface area contributed by atoms with E-state index in [4.69, 9.17) is 0 Å². The molecule has 0 saturated heterocycles. The Morgan fingerprint density at radius 3 is 1.44 bits per heavy atom. The number of aryl methyl sites for hydroxylation is 2. The zero-order valence-corrected chi connectivity index (χ0v) is 33.0. The molecule has 6 heterocycles. The van der Waals surface area contributed by atoms with Crippen LogP contribution >= 0.6 is 11.3 Å². The fraction of sp³-hybridized carbons (Fsp3) is 0.133. The van der Waals surface area contributed by atoms with Crippen molar-refractivity contribution in [1.82, 2.24) is 33.7 Å². The van der Waals surface area contributed by atoms with Crippen LogP contribution in [0.1, 0.15) is 22.3 Å². The highest BCUT2D eigenvalue weighted by Gasteiger charge is 2.58. The fourth-order valence-corrected chi connectivity index (χ4v) is 8.61. The minimum atomic E-state index is -4.94. The molecule has 6 aromatic heterocycles. The van der Waals surface area contributed by atoms with Gasteiger partial charge < -0.3 is 19.3 Å². The van der Waals surface area contributed by atoms with Gasteiger partial charge in [-0.05, 0) is 71.1 Å². The molecule has 61 heavy (non-hydrogen) atoms. The maximum atomic E-state index is 14.4. The van der Waals surface area contributed by atoms with E-state index in [2.05, 4.69) is 15.2 Å². The molecule has 308 valence electrons. The highest BCUT2D eigenvalue weighted by atomic mass is 32.1. The number of pyridine rings is 1. The summed E-state index contributed by atoms with van der Waals surface area (Å²) >= 11 is 1.51. The Morgan fingerprint density at radius 1 is 0.541 bits per heavy atom. The van der Waals surface area contributed by atoms with Crippen LogP contribution in [0.5, 0.6) is 0 Å². The van der Waals surface area contributed by atoms with E-state index in [-0.39, 0.29) is 22.3 Å². The van der Waals surface area contributed by atoms with Crippen molar-refractivity contribution >= 4 is 54.9 Å². The summed E-state index contributed by atoms with van der Waals surface area (Å²) < 4.78 is 92.7. The van der Waals surface area contributed by atoms with Crippen molar-refractivity contribution in [3.8, 4) is 11.4 Å². The van der Waals surface area contributed by atoms with Crippen molar-refractivity contribution in [2.75, 3.05) is 0 Å². The number of aromatic nitrogens is 7. The third kappa shape index (κ3) is 6.36. The first-order valence-corrected chi connectivity index (χ1v) is 19.6. The Balaban J connectivity index is 0.000000156. The van der Waals surface area contributed by atoms with Crippen LogP contribution in [0.15, 0.2) is 151 Å². The smallest absolute Gasteiger partial charge is 0.372 e. The van der Waals surface area contributed by atoms with Crippen molar-refractivity contribution in [3.05, 3.63) is 173 Å². The number of halogens is 6. The molecule has 10 aromatic rings. The molecule has 0 aliphatic heterocycles. The number of thiophene rings is 1. The molecule has 4 aromatic carbocycles. The molecule has 2 unspecified atom stereocenters. The van der Waals surface area contributed by atoms with Gasteiger partial charge in [-0.15, -0.1) is 0 Å². The highest BCUT2D eigenvalue weighted by molar-refractivity contribution is 7.08. The average molecular weight is 850 g/mol. The summed E-state index contributed by atoms with van der Waals surface area (Å²) in [5.74, 6) is 0. The van der Waals surface area contributed by atoms with Gasteiger partial charge in [-0.2, -0.15) is 47.9 Å². The number of para-hydroxylation sites is 2. The molecule has 2 atom stereocenters. The third-order valence-corrected chi connectivity index (χ3v) is 11.7. The summed E-state index contributed by atoms with van der Waals surface area (Å²) in [5.41, 5.74) is -3.18. The number of nitrogens with zero attached hydrogens (tertiary/aromatic N) is 7. The number of rotatable bonds is 6. The van der Waals surface area contributed by atoms with Crippen LogP contribution in [0.4, 0.5) is 26.3 Å². The highest BCUT2D eigenvalue weighted by Crippen LogP contribution is 2.49. The van der Waals surface area contributed by atoms with Crippen LogP contribution < -0.4 is 0 Å². The monoisotopic (exact) mass is 849 g/mol. The topological polar surface area (TPSA) is 98.8 Å². The molecule has 0 radical (unpaired) electrons. The molecule has 0 bridgehead atoms. The van der Waals surface area contributed by atoms with Crippen molar-refractivity contribution < 1.29 is 36.6 Å². The van der Waals surface area contributed by atoms with Crippen LogP contribution in [0, 0.1) is 0 Å². The molecular formula is C45H33F6N7O2S. The van der Waals surface area contributed by atoms with E-state index in [1.54, 1.807) is 118 Å². The summed E-state index contributed by atoms with van der Waals surface area (Å²) in [6.45, 7) is 0. The number of hydrogen-bond acceptors (Lipinski definition) is 6. The number of alkyl halides is 6. The summed E-state index contributed by atoms with van der Waals surface area (Å²) in [5, 5.41) is 36.5. The Bertz CT molecular complexity index is 3200. The summed E-state index contributed by atoms with van der Waals surface area (Å²) in [6.07, 6.45) is -0.963. The summed E-state index contributed by atoms with van der Waals surface area (Å²) in [7, 11) is 3.32. The van der Waals surface area contributed by atoms with Crippen LogP contribution in [-0.2, 0) is 25.3 Å². The van der Waals surface area contributed by atoms with Crippen molar-refractivity contribution in [1.29, 1.82) is 0 Å². The Morgan fingerprint density at radius 2 is 1.00 bits per heavy atom. The van der Waals surface area contributed by atoms with E-state index in [0.29, 0.717) is 43.6 Å². The average Bonchev–Trinajstić information content (AvgIpc) is 4.11. The zero-order chi connectivity index (χ0) is 42.9. The van der Waals surface area contributed by atoms with Crippen LogP contribution in [0.2, 0.25) is 0 Å². The van der Waals surface area contributed by atoms with Gasteiger partial charge in [-0.1, -0.05) is 48.5 Å². The zero-order valence-electron chi connectivity index (χ0n) is 32.1. The summed E-state index contributed by atoms with van der Waals surface area (Å²) in [6, 6.07) is 27.3. The quantitative estimate of drug-likeness (QED) is 0.162. The predicted octanol–water partition coefficient (Wildman–Crippen LogP) is 10.1. The van der Waals surface area contributed by atoms with E-state index < -0.39 is 23.6 Å². The van der Waals surface area contributed by atoms with Crippen molar-refractivity contribution in [3.63, 3.8) is 0 Å². The largest absolute Gasteiger partial charge is 0.425 e. The Kier molecular flexibility index (Phi) is 9.41. The first-order valence-electron chi connectivity index (χ1n) is 18.7. The minimum absolute atomic E-state index is 0.197. The maximum Gasteiger partial charge on any atom is 0.425 e. The molecule has 2 N–H and O–H groups in total. The van der Waals surface area contributed by atoms with E-state index in [1.807, 2.05) is 16.8 Å². The predicted molar refractivity (Wildman–Crippen MR) is 222 cm³/mol. The maximum absolute atomic E-state index is 14.4. The van der Waals surface area contributed by atoms with Crippen LogP contribution in [0.3, 0.4) is 0 Å². The number of aliphatic hydroxyl groups is 2. The van der Waals surface area contributed by atoms with Gasteiger partial charge in [0.25, 0.3) is 0 Å². The van der Waals surface area contributed by atoms with Gasteiger partial charge in [0.15, 0.2) is 0 Å². The molecule has 0 fully saturated rings. The first kappa shape index (κ1) is 39.7. The van der Waals surface area contributed by atoms with Gasteiger partial charge in [0.1, 0.15) is 0 Å². The van der Waals surface area contributed by atoms with Gasteiger partial charge in [-0.3, -0.25) is 4.98 Å². The normalized spacial score (nSPS) is 14.3. The fourth-order valence-electron chi connectivity index (χ4n) is 7.99. The Hall–Kier alpha value is -6.75. The molecule has 16 heteroatoms. The molecule has 0 aliphatic carbocycles. The van der Waals surface area contributed by atoms with Gasteiger partial charge >= 0.3 is 12.4 Å². The van der Waals surface area contributed by atoms with Crippen molar-refractivity contribution in [2.45, 2.75) is 23.6 Å². The lowest BCUT2D eigenvalue weighted by Gasteiger charge is -2.31. The molecule has 0 aliphatic rings. The second kappa shape index (κ2) is 14.5. The second-order valence-electron chi connectivity index (χ2n) is 14.6. The lowest BCUT2D eigenvalue weighted by molar-refractivity contribution is -0.248. The molecule has 9 nitrogen and oxygen atoms in total. The van der Waals surface area contributed by atoms with Crippen LogP contribution in [-0.4, -0.2) is 56.2 Å². The standard InChI is InChI=1S/C23H17F3N4O.C22H16F3N3OS/c1-29-14-19(18-4-2-3-5-21(18)29)22(31,23(24,25)26)16-6-7-20-15(12-16)13-28-30(20)17-8-10-27-11-9-17;1-27-12-18(17-4-2-3-5-20(17)27)21(29,22(23,24)25)15-6-7-19-14(10-15)11-26-28(19)16-8-9-30-13-16/h2-14,31H,1H3;2-13,29H,1H3. The van der Waals surface area contributed by atoms with E-state index >= 15 is 0 Å². The van der Waals surface area contributed by atoms with Crippen molar-refractivity contribution in [2.24, 2.45) is 14.1 Å². The van der Waals surface area contributed by atoms with Gasteiger partial charge in [-0.25, -0.2) is 9.36 Å². The third-order valence-electron chi connectivity index (χ3n) is 11.0. The van der Waals surface area contributed by atoms with Gasteiger partial charge in [0, 0.05) is 88.0 Å². The SMILES string of the molecule is Cn1cc(C(O)(c2ccc3c(cnn3-c3ccncc3)c2)C(F)(F)F)c2ccccc21.Cn1cc(C(O)(c2ccc3c(cnn3-c3ccsc3)c2)C(F)(F)F)c2ccccc21. The lowest BCUT2D eigenvalue weighted by Crippen LogP contribution is -2.43. The number of fused-ring (bicyclic) bond motifs is 4. The Labute approximate surface area is 346 Å². The molecule has 0 amide bonds. The molecular weight excluding hydrogens is 817 g/mol. The van der Waals surface area contributed by atoms with Gasteiger partial charge in [0.2, 0.25) is 11.2 Å². The minimum Gasteiger partial charge on any atom is -0.372 e. The molecule has 0 saturated carbocycles.